The van der Waals surface area contributed by atoms with Gasteiger partial charge in [0, 0.05) is 6.04 Å². The Bertz CT molecular complexity index is 635. The molecule has 1 atom stereocenters. The highest BCUT2D eigenvalue weighted by atomic mass is 32.2. The highest BCUT2D eigenvalue weighted by molar-refractivity contribution is 7.89. The van der Waals surface area contributed by atoms with Crippen LogP contribution >= 0.6 is 0 Å². The summed E-state index contributed by atoms with van der Waals surface area (Å²) >= 11 is 0. The Morgan fingerprint density at radius 2 is 1.83 bits per heavy atom. The largest absolute Gasteiger partial charge is 0.271 e. The second-order valence-electron chi connectivity index (χ2n) is 5.50. The molecule has 0 fully saturated rings. The van der Waals surface area contributed by atoms with Gasteiger partial charge in [0.05, 0.1) is 10.9 Å². The Morgan fingerprint density at radius 1 is 1.22 bits per heavy atom. The monoisotopic (exact) mass is 279 g/mol. The highest BCUT2D eigenvalue weighted by Crippen LogP contribution is 2.38. The van der Waals surface area contributed by atoms with Crippen LogP contribution in [0.15, 0.2) is 29.2 Å². The summed E-state index contributed by atoms with van der Waals surface area (Å²) in [7, 11) is -5.02. The van der Waals surface area contributed by atoms with E-state index < -0.39 is 18.1 Å². The third-order valence-corrected chi connectivity index (χ3v) is 5.51. The lowest BCUT2D eigenvalue weighted by atomic mass is 10.1. The molecule has 0 aliphatic carbocycles. The summed E-state index contributed by atoms with van der Waals surface area (Å²) in [6.07, 6.45) is 0. The number of hydrogen-bond donors (Lipinski definition) is 0. The van der Waals surface area contributed by atoms with Crippen LogP contribution in [0.1, 0.15) is 18.5 Å². The van der Waals surface area contributed by atoms with E-state index in [0.717, 1.165) is 5.56 Å². The fourth-order valence-corrected chi connectivity index (χ4v) is 4.11. The highest BCUT2D eigenvalue weighted by Gasteiger charge is 2.38. The molecular weight excluding hydrogens is 262 g/mol. The molecule has 1 aromatic carbocycles. The van der Waals surface area contributed by atoms with Gasteiger partial charge in [-0.3, -0.25) is 0 Å². The summed E-state index contributed by atoms with van der Waals surface area (Å²) in [6, 6.07) is 9.78. The lowest BCUT2D eigenvalue weighted by Gasteiger charge is -2.15. The summed E-state index contributed by atoms with van der Waals surface area (Å²) in [5.41, 5.74) is 3.96. The predicted molar refractivity (Wildman–Crippen MR) is 75.0 cm³/mol. The van der Waals surface area contributed by atoms with Crippen LogP contribution in [-0.2, 0) is 10.0 Å². The maximum absolute atomic E-state index is 12.4. The molecule has 0 bridgehead atoms. The molecule has 0 saturated heterocycles. The normalized spacial score (nSPS) is 21.1. The van der Waals surface area contributed by atoms with E-state index in [1.165, 1.54) is 4.31 Å². The van der Waals surface area contributed by atoms with Gasteiger partial charge in [0.1, 0.15) is 8.07 Å². The summed E-state index contributed by atoms with van der Waals surface area (Å²) < 4.78 is 26.0. The smallest absolute Gasteiger partial charge is 0.218 e. The molecule has 1 unspecified atom stereocenters. The molecule has 0 N–H and O–H groups in total. The van der Waals surface area contributed by atoms with Crippen LogP contribution in [0.25, 0.3) is 0 Å². The lowest BCUT2D eigenvalue weighted by Crippen LogP contribution is -2.24. The lowest BCUT2D eigenvalue weighted by molar-refractivity contribution is 0.471. The van der Waals surface area contributed by atoms with E-state index in [0.29, 0.717) is 4.90 Å². The molecule has 1 heterocycles. The van der Waals surface area contributed by atoms with Gasteiger partial charge in [-0.05, 0) is 18.6 Å². The van der Waals surface area contributed by atoms with Crippen molar-refractivity contribution in [1.29, 1.82) is 0 Å². The summed E-state index contributed by atoms with van der Waals surface area (Å²) in [5.74, 6) is 0. The number of nitrogens with zero attached hydrogens (tertiary/aromatic N) is 1. The van der Waals surface area contributed by atoms with Crippen molar-refractivity contribution >= 4 is 18.1 Å². The first-order valence-electron chi connectivity index (χ1n) is 5.90. The second kappa shape index (κ2) is 4.14. The van der Waals surface area contributed by atoms with Gasteiger partial charge in [-0.15, -0.1) is 5.54 Å². The average Bonchev–Trinajstić information content (AvgIpc) is 2.45. The number of fused-ring (bicyclic) bond motifs is 1. The van der Waals surface area contributed by atoms with Crippen molar-refractivity contribution in [3.8, 4) is 11.6 Å². The molecule has 18 heavy (non-hydrogen) atoms. The molecule has 0 aromatic heterocycles. The van der Waals surface area contributed by atoms with Gasteiger partial charge >= 0.3 is 0 Å². The van der Waals surface area contributed by atoms with Crippen molar-refractivity contribution < 1.29 is 8.42 Å². The average molecular weight is 279 g/mol. The van der Waals surface area contributed by atoms with Crippen LogP contribution < -0.4 is 0 Å². The maximum atomic E-state index is 12.4. The van der Waals surface area contributed by atoms with Crippen molar-refractivity contribution in [2.45, 2.75) is 37.5 Å². The van der Waals surface area contributed by atoms with E-state index >= 15 is 0 Å². The number of rotatable bonds is 0. The van der Waals surface area contributed by atoms with Gasteiger partial charge in [-0.2, -0.15) is 0 Å². The SMILES string of the molecule is CC1c2ccccc2S(=O)(=O)N1C#C[Si](C)(C)C. The van der Waals surface area contributed by atoms with Crippen LogP contribution in [0, 0.1) is 11.6 Å². The number of sulfonamides is 1. The van der Waals surface area contributed by atoms with Crippen LogP contribution in [-0.4, -0.2) is 20.8 Å². The zero-order chi connectivity index (χ0) is 13.6. The van der Waals surface area contributed by atoms with E-state index in [4.69, 9.17) is 0 Å². The molecule has 0 spiro atoms. The molecule has 1 aromatic rings. The fraction of sp³-hybridized carbons (Fsp3) is 0.385. The first-order valence-corrected chi connectivity index (χ1v) is 10.8. The van der Waals surface area contributed by atoms with Crippen molar-refractivity contribution in [3.05, 3.63) is 29.8 Å². The quantitative estimate of drug-likeness (QED) is 0.541. The van der Waals surface area contributed by atoms with Gasteiger partial charge < -0.3 is 0 Å². The van der Waals surface area contributed by atoms with E-state index in [1.807, 2.05) is 19.1 Å². The summed E-state index contributed by atoms with van der Waals surface area (Å²) in [4.78, 5) is 0.391. The van der Waals surface area contributed by atoms with Crippen LogP contribution in [0.4, 0.5) is 0 Å². The molecule has 0 radical (unpaired) electrons. The van der Waals surface area contributed by atoms with Crippen molar-refractivity contribution in [2.24, 2.45) is 0 Å². The number of hydrogen-bond acceptors (Lipinski definition) is 2. The number of benzene rings is 1. The molecule has 1 aliphatic heterocycles. The van der Waals surface area contributed by atoms with E-state index in [1.54, 1.807) is 12.1 Å². The Kier molecular flexibility index (Phi) is 3.04. The zero-order valence-corrected chi connectivity index (χ0v) is 12.9. The van der Waals surface area contributed by atoms with Crippen LogP contribution in [0.5, 0.6) is 0 Å². The minimum Gasteiger partial charge on any atom is -0.218 e. The first-order chi connectivity index (χ1) is 8.23. The fourth-order valence-electron chi connectivity index (χ4n) is 1.88. The standard InChI is InChI=1S/C13H17NO2SSi/c1-11-12-7-5-6-8-13(12)17(15,16)14(11)9-10-18(2,3)4/h5-8,11H,1-4H3. The van der Waals surface area contributed by atoms with E-state index in [9.17, 15) is 8.42 Å². The Morgan fingerprint density at radius 3 is 2.39 bits per heavy atom. The van der Waals surface area contributed by atoms with Crippen molar-refractivity contribution in [3.63, 3.8) is 0 Å². The van der Waals surface area contributed by atoms with Gasteiger partial charge in [-0.1, -0.05) is 37.8 Å². The topological polar surface area (TPSA) is 37.4 Å². The second-order valence-corrected chi connectivity index (χ2v) is 12.0. The molecule has 3 nitrogen and oxygen atoms in total. The minimum atomic E-state index is -3.44. The molecule has 2 rings (SSSR count). The third kappa shape index (κ3) is 2.18. The maximum Gasteiger partial charge on any atom is 0.271 e. The molecule has 96 valence electrons. The molecule has 5 heteroatoms. The third-order valence-electron chi connectivity index (χ3n) is 2.80. The predicted octanol–water partition coefficient (Wildman–Crippen LogP) is 2.59. The van der Waals surface area contributed by atoms with Crippen molar-refractivity contribution in [2.75, 3.05) is 0 Å². The van der Waals surface area contributed by atoms with Crippen molar-refractivity contribution in [1.82, 2.24) is 4.31 Å². The van der Waals surface area contributed by atoms with Gasteiger partial charge in [0.25, 0.3) is 10.0 Å². The van der Waals surface area contributed by atoms with Gasteiger partial charge in [-0.25, -0.2) is 12.7 Å². The molecule has 1 aliphatic rings. The molecule has 0 saturated carbocycles. The molecule has 0 amide bonds. The Hall–Kier alpha value is -1.25. The van der Waals surface area contributed by atoms with Crippen LogP contribution in [0.3, 0.4) is 0 Å². The first kappa shape index (κ1) is 13.2. The van der Waals surface area contributed by atoms with Crippen LogP contribution in [0.2, 0.25) is 19.6 Å². The van der Waals surface area contributed by atoms with E-state index in [2.05, 4.69) is 31.2 Å². The summed E-state index contributed by atoms with van der Waals surface area (Å²) in [6.45, 7) is 8.17. The Labute approximate surface area is 110 Å². The summed E-state index contributed by atoms with van der Waals surface area (Å²) in [5, 5.41) is 0. The van der Waals surface area contributed by atoms with Gasteiger partial charge in [0.15, 0.2) is 0 Å². The molecular formula is C13H17NO2SSi. The van der Waals surface area contributed by atoms with Gasteiger partial charge in [0.2, 0.25) is 0 Å². The minimum absolute atomic E-state index is 0.199. The zero-order valence-electron chi connectivity index (χ0n) is 11.1. The Balaban J connectivity index is 2.52. The van der Waals surface area contributed by atoms with E-state index in [-0.39, 0.29) is 6.04 Å².